The first-order valence-corrected chi connectivity index (χ1v) is 9.87. The Balaban J connectivity index is 1.85. The van der Waals surface area contributed by atoms with Gasteiger partial charge in [0.05, 0.1) is 25.5 Å². The number of aromatic nitrogens is 1. The Labute approximate surface area is 157 Å². The molecule has 6 nitrogen and oxygen atoms in total. The molecule has 0 radical (unpaired) electrons. The molecule has 140 valence electrons. The number of nitrogens with one attached hydrogen (secondary N) is 1. The topological polar surface area (TPSA) is 69.7 Å². The van der Waals surface area contributed by atoms with Gasteiger partial charge in [0.2, 0.25) is 5.75 Å². The van der Waals surface area contributed by atoms with E-state index in [9.17, 15) is 4.79 Å². The van der Waals surface area contributed by atoms with Crippen LogP contribution in [0.1, 0.15) is 55.6 Å². The summed E-state index contributed by atoms with van der Waals surface area (Å²) in [5.41, 5.74) is 1.52. The summed E-state index contributed by atoms with van der Waals surface area (Å²) < 4.78 is 17.0. The zero-order valence-corrected chi connectivity index (χ0v) is 16.1. The highest BCUT2D eigenvalue weighted by Crippen LogP contribution is 2.41. The molecule has 0 aliphatic heterocycles. The third-order valence-electron chi connectivity index (χ3n) is 3.91. The molecule has 1 aromatic heterocycles. The monoisotopic (exact) mass is 376 g/mol. The fraction of sp³-hybridized carbons (Fsp3) is 0.474. The second-order valence-electron chi connectivity index (χ2n) is 5.91. The predicted octanol–water partition coefficient (Wildman–Crippen LogP) is 4.47. The molecule has 1 amide bonds. The van der Waals surface area contributed by atoms with Gasteiger partial charge in [-0.3, -0.25) is 10.1 Å². The van der Waals surface area contributed by atoms with Gasteiger partial charge in [0, 0.05) is 16.9 Å². The van der Waals surface area contributed by atoms with Gasteiger partial charge in [0.25, 0.3) is 5.91 Å². The van der Waals surface area contributed by atoms with Crippen LogP contribution in [0.3, 0.4) is 0 Å². The first kappa shape index (κ1) is 18.5. The van der Waals surface area contributed by atoms with Crippen LogP contribution in [0.15, 0.2) is 17.5 Å². The van der Waals surface area contributed by atoms with Crippen LogP contribution < -0.4 is 19.5 Å². The molecular weight excluding hydrogens is 352 g/mol. The molecule has 1 saturated carbocycles. The van der Waals surface area contributed by atoms with Crippen LogP contribution in [0.5, 0.6) is 17.2 Å². The molecule has 0 spiro atoms. The van der Waals surface area contributed by atoms with E-state index in [-0.39, 0.29) is 5.91 Å². The van der Waals surface area contributed by atoms with E-state index >= 15 is 0 Å². The summed E-state index contributed by atoms with van der Waals surface area (Å²) >= 11 is 1.45. The Morgan fingerprint density at radius 1 is 1.12 bits per heavy atom. The van der Waals surface area contributed by atoms with Crippen LogP contribution in [-0.2, 0) is 0 Å². The lowest BCUT2D eigenvalue weighted by Crippen LogP contribution is -2.13. The number of benzene rings is 1. The Kier molecular flexibility index (Phi) is 5.98. The second kappa shape index (κ2) is 8.40. The number of carbonyl (C=O) groups excluding carboxylic acids is 1. The number of thiazole rings is 1. The number of hydrogen-bond acceptors (Lipinski definition) is 6. The van der Waals surface area contributed by atoms with Gasteiger partial charge in [-0.15, -0.1) is 11.3 Å². The van der Waals surface area contributed by atoms with Gasteiger partial charge in [-0.1, -0.05) is 0 Å². The lowest BCUT2D eigenvalue weighted by atomic mass is 10.1. The third kappa shape index (κ3) is 4.27. The van der Waals surface area contributed by atoms with Crippen molar-refractivity contribution in [2.75, 3.05) is 25.1 Å². The molecule has 26 heavy (non-hydrogen) atoms. The largest absolute Gasteiger partial charge is 0.490 e. The Bertz CT molecular complexity index is 744. The van der Waals surface area contributed by atoms with Crippen LogP contribution >= 0.6 is 11.3 Å². The van der Waals surface area contributed by atoms with Crippen molar-refractivity contribution in [1.82, 2.24) is 4.98 Å². The van der Waals surface area contributed by atoms with Crippen molar-refractivity contribution in [2.45, 2.75) is 39.5 Å². The van der Waals surface area contributed by atoms with E-state index in [2.05, 4.69) is 10.3 Å². The minimum atomic E-state index is -0.244. The Hall–Kier alpha value is -2.28. The van der Waals surface area contributed by atoms with Crippen molar-refractivity contribution in [3.63, 3.8) is 0 Å². The molecule has 1 heterocycles. The average Bonchev–Trinajstić information content (AvgIpc) is 3.37. The molecule has 0 unspecified atom stereocenters. The number of amides is 1. The van der Waals surface area contributed by atoms with Crippen LogP contribution in [0.2, 0.25) is 0 Å². The maximum atomic E-state index is 12.7. The summed E-state index contributed by atoms with van der Waals surface area (Å²) in [7, 11) is 0. The third-order valence-corrected chi connectivity index (χ3v) is 4.69. The molecular formula is C19H24N2O4S. The molecule has 1 N–H and O–H groups in total. The zero-order valence-electron chi connectivity index (χ0n) is 15.3. The normalized spacial score (nSPS) is 13.3. The summed E-state index contributed by atoms with van der Waals surface area (Å²) in [5.74, 6) is 1.85. The van der Waals surface area contributed by atoms with Crippen LogP contribution in [0.25, 0.3) is 0 Å². The zero-order chi connectivity index (χ0) is 18.5. The fourth-order valence-corrected chi connectivity index (χ4v) is 3.39. The number of rotatable bonds is 9. The average molecular weight is 376 g/mol. The van der Waals surface area contributed by atoms with Gasteiger partial charge in [-0.2, -0.15) is 0 Å². The van der Waals surface area contributed by atoms with E-state index in [0.717, 1.165) is 5.69 Å². The molecule has 3 rings (SSSR count). The van der Waals surface area contributed by atoms with Gasteiger partial charge < -0.3 is 14.2 Å². The molecule has 1 fully saturated rings. The lowest BCUT2D eigenvalue weighted by Gasteiger charge is -2.16. The van der Waals surface area contributed by atoms with Crippen LogP contribution in [0, 0.1) is 0 Å². The summed E-state index contributed by atoms with van der Waals surface area (Å²) in [5, 5.41) is 5.50. The van der Waals surface area contributed by atoms with Crippen LogP contribution in [-0.4, -0.2) is 30.7 Å². The number of nitrogens with zero attached hydrogens (tertiary/aromatic N) is 1. The van der Waals surface area contributed by atoms with Gasteiger partial charge in [0.1, 0.15) is 0 Å². The van der Waals surface area contributed by atoms with E-state index in [1.165, 1.54) is 24.2 Å². The summed E-state index contributed by atoms with van der Waals surface area (Å²) in [6.07, 6.45) is 2.37. The van der Waals surface area contributed by atoms with Crippen molar-refractivity contribution < 1.29 is 19.0 Å². The van der Waals surface area contributed by atoms with Gasteiger partial charge >= 0.3 is 0 Å². The predicted molar refractivity (Wildman–Crippen MR) is 102 cm³/mol. The second-order valence-corrected chi connectivity index (χ2v) is 6.76. The molecule has 1 aliphatic rings. The van der Waals surface area contributed by atoms with E-state index in [4.69, 9.17) is 14.2 Å². The van der Waals surface area contributed by atoms with E-state index in [1.54, 1.807) is 12.1 Å². The first-order valence-electron chi connectivity index (χ1n) is 8.99. The molecule has 2 aromatic rings. The number of anilines is 1. The molecule has 0 saturated heterocycles. The summed E-state index contributed by atoms with van der Waals surface area (Å²) in [4.78, 5) is 17.2. The molecule has 1 aliphatic carbocycles. The molecule has 0 bridgehead atoms. The standard InChI is InChI=1S/C19H24N2O4S/c1-4-23-15-9-13(10-16(24-5-2)17(15)25-6-3)18(22)21-19-20-14(11-26-19)12-7-8-12/h9-12H,4-8H2,1-3H3,(H,20,21,22). The number of carbonyl (C=O) groups is 1. The van der Waals surface area contributed by atoms with Gasteiger partial charge in [0.15, 0.2) is 16.6 Å². The Morgan fingerprint density at radius 2 is 1.73 bits per heavy atom. The highest BCUT2D eigenvalue weighted by Gasteiger charge is 2.26. The van der Waals surface area contributed by atoms with Crippen molar-refractivity contribution in [1.29, 1.82) is 0 Å². The maximum Gasteiger partial charge on any atom is 0.257 e. The first-order chi connectivity index (χ1) is 12.7. The molecule has 1 aromatic carbocycles. The van der Waals surface area contributed by atoms with E-state index in [0.29, 0.717) is 53.7 Å². The minimum Gasteiger partial charge on any atom is -0.490 e. The van der Waals surface area contributed by atoms with Gasteiger partial charge in [-0.05, 0) is 45.7 Å². The number of ether oxygens (including phenoxy) is 3. The lowest BCUT2D eigenvalue weighted by molar-refractivity contribution is 0.102. The molecule has 7 heteroatoms. The van der Waals surface area contributed by atoms with Crippen LogP contribution in [0.4, 0.5) is 5.13 Å². The smallest absolute Gasteiger partial charge is 0.257 e. The summed E-state index contributed by atoms with van der Waals surface area (Å²) in [6.45, 7) is 7.08. The summed E-state index contributed by atoms with van der Waals surface area (Å²) in [6, 6.07) is 3.36. The van der Waals surface area contributed by atoms with E-state index < -0.39 is 0 Å². The highest BCUT2D eigenvalue weighted by molar-refractivity contribution is 7.14. The minimum absolute atomic E-state index is 0.244. The molecule has 0 atom stereocenters. The van der Waals surface area contributed by atoms with Gasteiger partial charge in [-0.25, -0.2) is 4.98 Å². The fourth-order valence-electron chi connectivity index (χ4n) is 2.60. The highest BCUT2D eigenvalue weighted by atomic mass is 32.1. The van der Waals surface area contributed by atoms with Crippen molar-refractivity contribution in [3.05, 3.63) is 28.8 Å². The maximum absolute atomic E-state index is 12.7. The van der Waals surface area contributed by atoms with Crippen molar-refractivity contribution in [3.8, 4) is 17.2 Å². The quantitative estimate of drug-likeness (QED) is 0.699. The van der Waals surface area contributed by atoms with Crippen molar-refractivity contribution in [2.24, 2.45) is 0 Å². The SMILES string of the molecule is CCOc1cc(C(=O)Nc2nc(C3CC3)cs2)cc(OCC)c1OCC. The van der Waals surface area contributed by atoms with Crippen molar-refractivity contribution >= 4 is 22.4 Å². The Morgan fingerprint density at radius 3 is 2.27 bits per heavy atom. The number of hydrogen-bond donors (Lipinski definition) is 1. The van der Waals surface area contributed by atoms with E-state index in [1.807, 2.05) is 26.2 Å².